The Morgan fingerprint density at radius 3 is 2.50 bits per heavy atom. The van der Waals surface area contributed by atoms with E-state index in [2.05, 4.69) is 60.3 Å². The Hall–Kier alpha value is -3.06. The maximum absolute atomic E-state index is 9.45. The Labute approximate surface area is 188 Å². The van der Waals surface area contributed by atoms with Crippen molar-refractivity contribution in [3.63, 3.8) is 0 Å². The Kier molecular flexibility index (Phi) is 4.94. The zero-order valence-electron chi connectivity index (χ0n) is 17.2. The molecule has 5 heteroatoms. The van der Waals surface area contributed by atoms with Gasteiger partial charge >= 0.3 is 0 Å². The van der Waals surface area contributed by atoms with E-state index in [1.165, 1.54) is 11.1 Å². The average Bonchev–Trinajstić information content (AvgIpc) is 3.11. The first kappa shape index (κ1) is 20.2. The smallest absolute Gasteiger partial charge is 0.163 e. The molecule has 0 aliphatic carbocycles. The molecule has 149 valence electrons. The molecule has 0 aliphatic heterocycles. The van der Waals surface area contributed by atoms with Gasteiger partial charge in [-0.15, -0.1) is 5.56 Å². The van der Waals surface area contributed by atoms with Crippen molar-refractivity contribution < 1.29 is 20.1 Å². The minimum atomic E-state index is 0. The van der Waals surface area contributed by atoms with Gasteiger partial charge in [0.15, 0.2) is 5.69 Å². The molecule has 0 saturated heterocycles. The van der Waals surface area contributed by atoms with Crippen LogP contribution in [-0.4, -0.2) is 14.6 Å². The van der Waals surface area contributed by atoms with Crippen LogP contribution in [0.4, 0.5) is 0 Å². The van der Waals surface area contributed by atoms with Crippen LogP contribution in [0.2, 0.25) is 0 Å². The molecule has 0 amide bonds. The van der Waals surface area contributed by atoms with Crippen molar-refractivity contribution in [2.45, 2.75) is 27.7 Å². The Morgan fingerprint density at radius 1 is 0.967 bits per heavy atom. The summed E-state index contributed by atoms with van der Waals surface area (Å²) in [6, 6.07) is 20.0. The summed E-state index contributed by atoms with van der Waals surface area (Å²) in [5, 5.41) is 17.4. The van der Waals surface area contributed by atoms with Gasteiger partial charge in [0.1, 0.15) is 6.07 Å². The summed E-state index contributed by atoms with van der Waals surface area (Å²) in [4.78, 5) is 4.68. The van der Waals surface area contributed by atoms with Crippen LogP contribution in [0.1, 0.15) is 28.2 Å². The molecule has 30 heavy (non-hydrogen) atoms. The van der Waals surface area contributed by atoms with Crippen LogP contribution in [0.15, 0.2) is 42.5 Å². The van der Waals surface area contributed by atoms with Gasteiger partial charge in [-0.25, -0.2) is 0 Å². The molecule has 5 aromatic rings. The van der Waals surface area contributed by atoms with Gasteiger partial charge < -0.3 is 0 Å². The predicted octanol–water partition coefficient (Wildman–Crippen LogP) is 5.61. The molecule has 0 unspecified atom stereocenters. The number of fused-ring (bicyclic) bond motifs is 6. The van der Waals surface area contributed by atoms with E-state index < -0.39 is 0 Å². The summed E-state index contributed by atoms with van der Waals surface area (Å²) >= 11 is 0. The maximum atomic E-state index is 9.45. The second kappa shape index (κ2) is 7.32. The summed E-state index contributed by atoms with van der Waals surface area (Å²) in [6.45, 7) is 8.28. The average molecular weight is 568 g/mol. The van der Waals surface area contributed by atoms with Crippen molar-refractivity contribution in [3.8, 4) is 17.2 Å². The first-order chi connectivity index (χ1) is 14.0. The van der Waals surface area contributed by atoms with Crippen molar-refractivity contribution in [2.24, 2.45) is 0 Å². The van der Waals surface area contributed by atoms with Crippen LogP contribution in [0.3, 0.4) is 0 Å². The second-order valence-electron chi connectivity index (χ2n) is 7.64. The van der Waals surface area contributed by atoms with E-state index >= 15 is 0 Å². The fourth-order valence-electron chi connectivity index (χ4n) is 4.41. The quantitative estimate of drug-likeness (QED) is 0.196. The van der Waals surface area contributed by atoms with Crippen LogP contribution in [0.25, 0.3) is 38.3 Å². The number of benzene rings is 2. The molecular formula is C25H19IrN4-. The molecule has 4 nitrogen and oxygen atoms in total. The molecule has 0 aliphatic rings. The zero-order valence-corrected chi connectivity index (χ0v) is 19.6. The molecule has 0 saturated carbocycles. The van der Waals surface area contributed by atoms with Crippen LogP contribution < -0.4 is 0 Å². The molecule has 0 N–H and O–H groups in total. The number of nitriles is 1. The van der Waals surface area contributed by atoms with Crippen LogP contribution >= 0.6 is 0 Å². The fraction of sp³-hybridized carbons (Fsp3) is 0.160. The molecule has 0 bridgehead atoms. The van der Waals surface area contributed by atoms with E-state index in [1.54, 1.807) is 0 Å². The number of aryl methyl sites for hydroxylation is 4. The SMILES string of the molecule is Cc1cc(C)c2c(c1)c1c(-c3ccc(C)nc3C)cc[c-]c1n1nc(C#N)cc21.[Ir]. The van der Waals surface area contributed by atoms with Gasteiger partial charge in [0.05, 0.1) is 5.52 Å². The fourth-order valence-corrected chi connectivity index (χ4v) is 4.41. The van der Waals surface area contributed by atoms with Gasteiger partial charge in [0, 0.05) is 37.6 Å². The van der Waals surface area contributed by atoms with Crippen LogP contribution in [0.5, 0.6) is 0 Å². The van der Waals surface area contributed by atoms with Crippen molar-refractivity contribution in [2.75, 3.05) is 0 Å². The Balaban J connectivity index is 0.00000218. The first-order valence-electron chi connectivity index (χ1n) is 9.60. The molecule has 3 heterocycles. The molecule has 0 spiro atoms. The largest absolute Gasteiger partial charge is 0.258 e. The van der Waals surface area contributed by atoms with E-state index in [4.69, 9.17) is 0 Å². The molecular weight excluding hydrogens is 549 g/mol. The number of aromatic nitrogens is 3. The van der Waals surface area contributed by atoms with Gasteiger partial charge in [-0.1, -0.05) is 34.5 Å². The Bertz CT molecular complexity index is 1510. The standard InChI is InChI=1S/C25H19N4.Ir/c1-14-10-15(2)24-21(11-14)25-20(19-9-8-16(3)27-17(19)4)6-5-7-22(25)29-23(24)12-18(13-26)28-29;/h5-6,8-12H,1-4H3;/q-1;. The summed E-state index contributed by atoms with van der Waals surface area (Å²) in [6.07, 6.45) is 0. The number of hydrogen-bond donors (Lipinski definition) is 0. The molecule has 3 aromatic heterocycles. The van der Waals surface area contributed by atoms with E-state index in [9.17, 15) is 5.26 Å². The monoisotopic (exact) mass is 568 g/mol. The summed E-state index contributed by atoms with van der Waals surface area (Å²) in [5.74, 6) is 0. The molecule has 0 fully saturated rings. The summed E-state index contributed by atoms with van der Waals surface area (Å²) < 4.78 is 1.86. The van der Waals surface area contributed by atoms with E-state index in [1.807, 2.05) is 36.6 Å². The second-order valence-corrected chi connectivity index (χ2v) is 7.64. The Morgan fingerprint density at radius 2 is 1.77 bits per heavy atom. The number of rotatable bonds is 1. The number of hydrogen-bond acceptors (Lipinski definition) is 3. The van der Waals surface area contributed by atoms with E-state index in [-0.39, 0.29) is 20.1 Å². The minimum Gasteiger partial charge on any atom is -0.258 e. The van der Waals surface area contributed by atoms with Gasteiger partial charge in [0.25, 0.3) is 0 Å². The van der Waals surface area contributed by atoms with E-state index in [0.717, 1.165) is 49.7 Å². The van der Waals surface area contributed by atoms with Crippen LogP contribution in [-0.2, 0) is 20.1 Å². The third kappa shape index (κ3) is 2.92. The third-order valence-corrected chi connectivity index (χ3v) is 5.53. The molecule has 2 aromatic carbocycles. The predicted molar refractivity (Wildman–Crippen MR) is 116 cm³/mol. The third-order valence-electron chi connectivity index (χ3n) is 5.53. The van der Waals surface area contributed by atoms with E-state index in [0.29, 0.717) is 5.69 Å². The number of nitrogens with zero attached hydrogens (tertiary/aromatic N) is 4. The van der Waals surface area contributed by atoms with Crippen molar-refractivity contribution in [3.05, 3.63) is 76.7 Å². The zero-order chi connectivity index (χ0) is 20.3. The van der Waals surface area contributed by atoms with Gasteiger partial charge in [-0.3, -0.25) is 9.50 Å². The summed E-state index contributed by atoms with van der Waals surface area (Å²) in [5.41, 5.74) is 8.79. The van der Waals surface area contributed by atoms with Crippen molar-refractivity contribution in [1.82, 2.24) is 14.6 Å². The first-order valence-corrected chi connectivity index (χ1v) is 9.60. The molecule has 5 rings (SSSR count). The van der Waals surface area contributed by atoms with Crippen molar-refractivity contribution in [1.29, 1.82) is 5.26 Å². The maximum Gasteiger partial charge on any atom is 0.163 e. The topological polar surface area (TPSA) is 54.0 Å². The van der Waals surface area contributed by atoms with Gasteiger partial charge in [0.2, 0.25) is 0 Å². The van der Waals surface area contributed by atoms with Gasteiger partial charge in [-0.2, -0.15) is 28.6 Å². The van der Waals surface area contributed by atoms with Crippen molar-refractivity contribution >= 4 is 27.2 Å². The van der Waals surface area contributed by atoms with Gasteiger partial charge in [-0.05, 0) is 55.8 Å². The number of pyridine rings is 2. The summed E-state index contributed by atoms with van der Waals surface area (Å²) in [7, 11) is 0. The normalized spacial score (nSPS) is 11.0. The molecule has 0 atom stereocenters. The van der Waals surface area contributed by atoms with Crippen LogP contribution in [0, 0.1) is 45.1 Å². The molecule has 1 radical (unpaired) electrons. The minimum absolute atomic E-state index is 0.